The second-order valence-electron chi connectivity index (χ2n) is 8.36. The van der Waals surface area contributed by atoms with Crippen LogP contribution >= 0.6 is 0 Å². The molecule has 2 fully saturated rings. The molecule has 2 rings (SSSR count). The predicted molar refractivity (Wildman–Crippen MR) is 112 cm³/mol. The Hall–Kier alpha value is -1.39. The zero-order chi connectivity index (χ0) is 20.8. The highest BCUT2D eigenvalue weighted by Crippen LogP contribution is 2.10. The Morgan fingerprint density at radius 3 is 2.14 bits per heavy atom. The van der Waals surface area contributed by atoms with Gasteiger partial charge in [-0.15, -0.1) is 0 Å². The van der Waals surface area contributed by atoms with Gasteiger partial charge in [0.1, 0.15) is 0 Å². The van der Waals surface area contributed by atoms with E-state index >= 15 is 0 Å². The number of hydrogen-bond acceptors (Lipinski definition) is 5. The van der Waals surface area contributed by atoms with Gasteiger partial charge in [0.25, 0.3) is 0 Å². The quantitative estimate of drug-likeness (QED) is 0.448. The minimum absolute atomic E-state index is 0.240. The summed E-state index contributed by atoms with van der Waals surface area (Å²) < 4.78 is 25.6. The lowest BCUT2D eigenvalue weighted by atomic mass is 10.1. The van der Waals surface area contributed by atoms with Crippen LogP contribution < -0.4 is 10.0 Å². The number of carbonyl (C=O) groups excluding carboxylic acids is 1. The van der Waals surface area contributed by atoms with E-state index in [1.54, 1.807) is 7.05 Å². The van der Waals surface area contributed by atoms with Gasteiger partial charge in [0, 0.05) is 58.4 Å². The molecule has 0 atom stereocenters. The minimum atomic E-state index is -3.28. The Kier molecular flexibility index (Phi) is 8.08. The smallest absolute Gasteiger partial charge is 0.236 e. The predicted octanol–water partition coefficient (Wildman–Crippen LogP) is -0.480. The first-order valence-corrected chi connectivity index (χ1v) is 11.9. The van der Waals surface area contributed by atoms with Gasteiger partial charge < -0.3 is 15.1 Å². The number of nitrogens with one attached hydrogen (secondary N) is 2. The van der Waals surface area contributed by atoms with E-state index in [0.717, 1.165) is 64.3 Å². The van der Waals surface area contributed by atoms with Crippen LogP contribution in [0.4, 0.5) is 0 Å². The van der Waals surface area contributed by atoms with E-state index in [9.17, 15) is 13.2 Å². The zero-order valence-corrected chi connectivity index (χ0v) is 18.5. The molecule has 0 radical (unpaired) electrons. The molecule has 0 saturated carbocycles. The van der Waals surface area contributed by atoms with Crippen molar-refractivity contribution in [3.63, 3.8) is 0 Å². The number of piperazine rings is 1. The number of rotatable bonds is 6. The Bertz CT molecular complexity index is 650. The molecule has 2 aliphatic rings. The third-order valence-electron chi connectivity index (χ3n) is 5.10. The molecule has 2 aliphatic heterocycles. The fourth-order valence-corrected chi connectivity index (χ4v) is 4.80. The van der Waals surface area contributed by atoms with Crippen molar-refractivity contribution < 1.29 is 13.2 Å². The van der Waals surface area contributed by atoms with E-state index in [1.807, 2.05) is 18.7 Å². The first-order chi connectivity index (χ1) is 13.1. The molecular weight excluding hydrogens is 380 g/mol. The maximum absolute atomic E-state index is 12.4. The summed E-state index contributed by atoms with van der Waals surface area (Å²) in [7, 11) is -1.55. The molecule has 2 N–H and O–H groups in total. The summed E-state index contributed by atoms with van der Waals surface area (Å²) in [5.41, 5.74) is -0.619. The summed E-state index contributed by atoms with van der Waals surface area (Å²) in [6.45, 7) is 9.57. The molecule has 162 valence electrons. The maximum Gasteiger partial charge on any atom is 0.236 e. The molecule has 0 bridgehead atoms. The van der Waals surface area contributed by atoms with Crippen LogP contribution in [0.3, 0.4) is 0 Å². The lowest BCUT2D eigenvalue weighted by Crippen LogP contribution is -2.57. The lowest BCUT2D eigenvalue weighted by molar-refractivity contribution is -0.133. The van der Waals surface area contributed by atoms with E-state index in [4.69, 9.17) is 0 Å². The summed E-state index contributed by atoms with van der Waals surface area (Å²) in [6, 6.07) is 0. The number of nitrogens with zero attached hydrogens (tertiary/aromatic N) is 4. The van der Waals surface area contributed by atoms with Crippen LogP contribution in [-0.2, 0) is 14.8 Å². The van der Waals surface area contributed by atoms with E-state index < -0.39 is 15.6 Å². The van der Waals surface area contributed by atoms with Crippen LogP contribution in [0.2, 0.25) is 0 Å². The molecule has 0 unspecified atom stereocenters. The molecule has 2 saturated heterocycles. The van der Waals surface area contributed by atoms with Gasteiger partial charge in [-0.25, -0.2) is 13.1 Å². The maximum atomic E-state index is 12.4. The lowest BCUT2D eigenvalue weighted by Gasteiger charge is -2.38. The van der Waals surface area contributed by atoms with Crippen LogP contribution in [-0.4, -0.2) is 106 Å². The van der Waals surface area contributed by atoms with Gasteiger partial charge in [-0.1, -0.05) is 0 Å². The molecule has 0 aromatic rings. The van der Waals surface area contributed by atoms with Crippen LogP contribution in [0.25, 0.3) is 0 Å². The van der Waals surface area contributed by atoms with Crippen LogP contribution in [0.15, 0.2) is 4.99 Å². The second kappa shape index (κ2) is 9.89. The molecule has 10 heteroatoms. The summed E-state index contributed by atoms with van der Waals surface area (Å²) in [4.78, 5) is 23.1. The third kappa shape index (κ3) is 7.56. The van der Waals surface area contributed by atoms with Gasteiger partial charge in [-0.3, -0.25) is 14.7 Å². The minimum Gasteiger partial charge on any atom is -0.354 e. The van der Waals surface area contributed by atoms with Gasteiger partial charge in [-0.2, -0.15) is 0 Å². The fraction of sp³-hybridized carbons (Fsp3) is 0.889. The average Bonchev–Trinajstić information content (AvgIpc) is 2.62. The Labute approximate surface area is 169 Å². The topological polar surface area (TPSA) is 97.3 Å². The number of carbonyl (C=O) groups is 1. The molecule has 0 aromatic carbocycles. The normalized spacial score (nSPS) is 20.4. The second-order valence-corrected chi connectivity index (χ2v) is 10.1. The number of aliphatic imine (C=N–C) groups is 1. The number of guanidine groups is 1. The molecule has 2 heterocycles. The van der Waals surface area contributed by atoms with Crippen molar-refractivity contribution in [3.8, 4) is 0 Å². The van der Waals surface area contributed by atoms with E-state index in [1.165, 1.54) is 6.42 Å². The summed E-state index contributed by atoms with van der Waals surface area (Å²) in [5, 5.41) is 3.26. The largest absolute Gasteiger partial charge is 0.354 e. The van der Waals surface area contributed by atoms with E-state index in [2.05, 4.69) is 24.8 Å². The summed E-state index contributed by atoms with van der Waals surface area (Å²) in [5.74, 6) is 0.995. The molecule has 0 spiro atoms. The zero-order valence-electron chi connectivity index (χ0n) is 17.7. The van der Waals surface area contributed by atoms with Gasteiger partial charge >= 0.3 is 0 Å². The number of hydrogen-bond donors (Lipinski definition) is 2. The van der Waals surface area contributed by atoms with Crippen molar-refractivity contribution >= 4 is 21.9 Å². The summed E-state index contributed by atoms with van der Waals surface area (Å²) in [6.07, 6.45) is 4.62. The van der Waals surface area contributed by atoms with Gasteiger partial charge in [0.2, 0.25) is 15.9 Å². The Balaban J connectivity index is 1.78. The van der Waals surface area contributed by atoms with E-state index in [-0.39, 0.29) is 5.91 Å². The number of likely N-dealkylation sites (tertiary alicyclic amines) is 1. The number of piperidine rings is 1. The highest BCUT2D eigenvalue weighted by Gasteiger charge is 2.26. The van der Waals surface area contributed by atoms with Crippen molar-refractivity contribution in [2.75, 3.05) is 65.7 Å². The van der Waals surface area contributed by atoms with Crippen molar-refractivity contribution in [1.29, 1.82) is 0 Å². The van der Waals surface area contributed by atoms with Crippen LogP contribution in [0, 0.1) is 0 Å². The Morgan fingerprint density at radius 1 is 1.00 bits per heavy atom. The van der Waals surface area contributed by atoms with Crippen LogP contribution in [0.5, 0.6) is 0 Å². The van der Waals surface area contributed by atoms with Gasteiger partial charge in [0.05, 0.1) is 12.8 Å². The number of amides is 1. The fourth-order valence-electron chi connectivity index (χ4n) is 3.72. The monoisotopic (exact) mass is 416 g/mol. The van der Waals surface area contributed by atoms with Crippen molar-refractivity contribution in [2.45, 2.75) is 38.6 Å². The van der Waals surface area contributed by atoms with E-state index in [0.29, 0.717) is 13.1 Å². The first-order valence-electron chi connectivity index (χ1n) is 10.0. The number of sulfonamides is 1. The standard InChI is InChI=1S/C18H36N6O3S/c1-18(2,21-28(4,26)27)15-20-17(19-3)24-12-10-22(11-13-24)14-16(25)23-8-6-5-7-9-23/h21H,5-15H2,1-4H3,(H,19,20). The third-order valence-corrected chi connectivity index (χ3v) is 6.02. The highest BCUT2D eigenvalue weighted by molar-refractivity contribution is 7.88. The SMILES string of the molecule is CN=C(NCC(C)(C)NS(C)(=O)=O)N1CCN(CC(=O)N2CCCCC2)CC1. The first kappa shape index (κ1) is 22.9. The highest BCUT2D eigenvalue weighted by atomic mass is 32.2. The Morgan fingerprint density at radius 2 is 1.61 bits per heavy atom. The summed E-state index contributed by atoms with van der Waals surface area (Å²) >= 11 is 0. The van der Waals surface area contributed by atoms with Crippen molar-refractivity contribution in [3.05, 3.63) is 0 Å². The molecule has 9 nitrogen and oxygen atoms in total. The molecular formula is C18H36N6O3S. The molecule has 28 heavy (non-hydrogen) atoms. The van der Waals surface area contributed by atoms with Gasteiger partial charge in [-0.05, 0) is 33.1 Å². The molecule has 0 aromatic heterocycles. The van der Waals surface area contributed by atoms with Crippen molar-refractivity contribution in [2.24, 2.45) is 4.99 Å². The van der Waals surface area contributed by atoms with Crippen molar-refractivity contribution in [1.82, 2.24) is 24.7 Å². The van der Waals surface area contributed by atoms with Gasteiger partial charge in [0.15, 0.2) is 5.96 Å². The molecule has 1 amide bonds. The molecule has 0 aliphatic carbocycles. The van der Waals surface area contributed by atoms with Crippen LogP contribution in [0.1, 0.15) is 33.1 Å². The average molecular weight is 417 g/mol.